The first-order chi connectivity index (χ1) is 13.9. The van der Waals surface area contributed by atoms with Gasteiger partial charge in [0.05, 0.1) is 16.4 Å². The molecule has 8 heteroatoms. The molecular formula is C21H22ClN3O3S. The largest absolute Gasteiger partial charge is 0.451 e. The molecule has 6 nitrogen and oxygen atoms in total. The van der Waals surface area contributed by atoms with Gasteiger partial charge in [-0.2, -0.15) is 5.10 Å². The Labute approximate surface area is 178 Å². The molecule has 3 heterocycles. The standard InChI is InChI=1S/C21H22ClN3O3S/c1-13-7-9-24(10-8-13)19(26)12-28-21(27)18-11-15-14(2)23-25(20(15)29-18)17-6-4-3-5-16(17)22/h3-6,11,13H,7-10,12H2,1-2H3. The zero-order chi connectivity index (χ0) is 20.5. The summed E-state index contributed by atoms with van der Waals surface area (Å²) in [6, 6.07) is 9.20. The van der Waals surface area contributed by atoms with Crippen LogP contribution in [0.4, 0.5) is 0 Å². The second-order valence-electron chi connectivity index (χ2n) is 7.42. The van der Waals surface area contributed by atoms with Crippen LogP contribution in [0.5, 0.6) is 0 Å². The molecule has 1 saturated heterocycles. The molecule has 152 valence electrons. The number of para-hydroxylation sites is 1. The first-order valence-corrected chi connectivity index (χ1v) is 10.8. The number of hydrogen-bond donors (Lipinski definition) is 0. The zero-order valence-corrected chi connectivity index (χ0v) is 17.9. The molecule has 0 saturated carbocycles. The second kappa shape index (κ2) is 8.16. The Balaban J connectivity index is 1.50. The number of aromatic nitrogens is 2. The van der Waals surface area contributed by atoms with Gasteiger partial charge in [-0.15, -0.1) is 11.3 Å². The van der Waals surface area contributed by atoms with E-state index in [1.807, 2.05) is 25.1 Å². The van der Waals surface area contributed by atoms with Crippen molar-refractivity contribution in [1.82, 2.24) is 14.7 Å². The minimum atomic E-state index is -0.491. The van der Waals surface area contributed by atoms with Crippen LogP contribution in [0.25, 0.3) is 15.9 Å². The van der Waals surface area contributed by atoms with Crippen LogP contribution < -0.4 is 0 Å². The number of ether oxygens (including phenoxy) is 1. The first-order valence-electron chi connectivity index (χ1n) is 9.63. The number of aryl methyl sites for hydroxylation is 1. The highest BCUT2D eigenvalue weighted by Crippen LogP contribution is 2.32. The minimum absolute atomic E-state index is 0.134. The summed E-state index contributed by atoms with van der Waals surface area (Å²) >= 11 is 7.60. The number of hydrogen-bond acceptors (Lipinski definition) is 5. The van der Waals surface area contributed by atoms with E-state index in [0.717, 1.165) is 47.5 Å². The molecule has 1 amide bonds. The number of thiophene rings is 1. The molecule has 0 spiro atoms. The number of amides is 1. The van der Waals surface area contributed by atoms with Crippen molar-refractivity contribution in [2.75, 3.05) is 19.7 Å². The van der Waals surface area contributed by atoms with Crippen molar-refractivity contribution < 1.29 is 14.3 Å². The van der Waals surface area contributed by atoms with Crippen molar-refractivity contribution in [1.29, 1.82) is 0 Å². The van der Waals surface area contributed by atoms with Gasteiger partial charge in [-0.05, 0) is 43.9 Å². The van der Waals surface area contributed by atoms with Crippen LogP contribution in [0.1, 0.15) is 35.1 Å². The molecule has 0 aliphatic carbocycles. The molecule has 0 radical (unpaired) electrons. The third-order valence-corrected chi connectivity index (χ3v) is 6.70. The van der Waals surface area contributed by atoms with E-state index in [0.29, 0.717) is 15.8 Å². The summed E-state index contributed by atoms with van der Waals surface area (Å²) < 4.78 is 7.05. The van der Waals surface area contributed by atoms with Crippen molar-refractivity contribution in [2.45, 2.75) is 26.7 Å². The van der Waals surface area contributed by atoms with E-state index in [9.17, 15) is 9.59 Å². The number of esters is 1. The van der Waals surface area contributed by atoms with E-state index < -0.39 is 5.97 Å². The highest BCUT2D eigenvalue weighted by atomic mass is 35.5. The van der Waals surface area contributed by atoms with E-state index in [2.05, 4.69) is 12.0 Å². The zero-order valence-electron chi connectivity index (χ0n) is 16.4. The predicted octanol–water partition coefficient (Wildman–Crippen LogP) is 4.46. The fraction of sp³-hybridized carbons (Fsp3) is 0.381. The van der Waals surface area contributed by atoms with Crippen LogP contribution in [0.3, 0.4) is 0 Å². The van der Waals surface area contributed by atoms with E-state index in [1.165, 1.54) is 11.3 Å². The normalized spacial score (nSPS) is 15.1. The highest BCUT2D eigenvalue weighted by Gasteiger charge is 2.23. The van der Waals surface area contributed by atoms with Crippen LogP contribution in [-0.2, 0) is 9.53 Å². The van der Waals surface area contributed by atoms with Crippen molar-refractivity contribution in [3.05, 3.63) is 45.9 Å². The fourth-order valence-electron chi connectivity index (χ4n) is 3.48. The molecule has 4 rings (SSSR count). The number of fused-ring (bicyclic) bond motifs is 1. The molecular weight excluding hydrogens is 410 g/mol. The van der Waals surface area contributed by atoms with Crippen molar-refractivity contribution in [3.63, 3.8) is 0 Å². The van der Waals surface area contributed by atoms with Crippen LogP contribution in [-0.4, -0.2) is 46.3 Å². The summed E-state index contributed by atoms with van der Waals surface area (Å²) in [6.45, 7) is 5.31. The van der Waals surface area contributed by atoms with Gasteiger partial charge in [0.25, 0.3) is 5.91 Å². The van der Waals surface area contributed by atoms with Crippen LogP contribution in [0.15, 0.2) is 30.3 Å². The van der Waals surface area contributed by atoms with Gasteiger partial charge >= 0.3 is 5.97 Å². The van der Waals surface area contributed by atoms with E-state index >= 15 is 0 Å². The predicted molar refractivity (Wildman–Crippen MR) is 114 cm³/mol. The monoisotopic (exact) mass is 431 g/mol. The topological polar surface area (TPSA) is 64.4 Å². The maximum atomic E-state index is 12.5. The Morgan fingerprint density at radius 2 is 2.00 bits per heavy atom. The van der Waals surface area contributed by atoms with Crippen molar-refractivity contribution in [2.24, 2.45) is 5.92 Å². The maximum Gasteiger partial charge on any atom is 0.348 e. The van der Waals surface area contributed by atoms with E-state index in [-0.39, 0.29) is 12.5 Å². The quantitative estimate of drug-likeness (QED) is 0.572. The number of nitrogens with zero attached hydrogens (tertiary/aromatic N) is 3. The van der Waals surface area contributed by atoms with Gasteiger partial charge in [-0.25, -0.2) is 9.48 Å². The van der Waals surface area contributed by atoms with Crippen molar-refractivity contribution >= 4 is 45.0 Å². The number of rotatable bonds is 4. The highest BCUT2D eigenvalue weighted by molar-refractivity contribution is 7.20. The molecule has 29 heavy (non-hydrogen) atoms. The third kappa shape index (κ3) is 4.02. The summed E-state index contributed by atoms with van der Waals surface area (Å²) in [5, 5.41) is 6.01. The minimum Gasteiger partial charge on any atom is -0.451 e. The summed E-state index contributed by atoms with van der Waals surface area (Å²) in [4.78, 5) is 27.9. The molecule has 2 aromatic heterocycles. The number of carbonyl (C=O) groups is 2. The molecule has 0 unspecified atom stereocenters. The Hall–Kier alpha value is -2.38. The lowest BCUT2D eigenvalue weighted by Gasteiger charge is -2.30. The average Bonchev–Trinajstić information content (AvgIpc) is 3.28. The third-order valence-electron chi connectivity index (χ3n) is 5.29. The summed E-state index contributed by atoms with van der Waals surface area (Å²) in [7, 11) is 0. The van der Waals surface area contributed by atoms with E-state index in [4.69, 9.17) is 16.3 Å². The molecule has 0 N–H and O–H groups in total. The molecule has 1 fully saturated rings. The smallest absolute Gasteiger partial charge is 0.348 e. The SMILES string of the molecule is Cc1nn(-c2ccccc2Cl)c2sc(C(=O)OCC(=O)N3CCC(C)CC3)cc12. The van der Waals surface area contributed by atoms with Gasteiger partial charge in [-0.3, -0.25) is 4.79 Å². The van der Waals surface area contributed by atoms with Crippen molar-refractivity contribution in [3.8, 4) is 5.69 Å². The molecule has 1 aromatic carbocycles. The Kier molecular flexibility index (Phi) is 5.61. The van der Waals surface area contributed by atoms with Gasteiger partial charge in [-0.1, -0.05) is 30.7 Å². The van der Waals surface area contributed by atoms with Gasteiger partial charge in [0.15, 0.2) is 6.61 Å². The molecule has 0 bridgehead atoms. The molecule has 0 atom stereocenters. The maximum absolute atomic E-state index is 12.5. The summed E-state index contributed by atoms with van der Waals surface area (Å²) in [5.74, 6) is 0.0147. The lowest BCUT2D eigenvalue weighted by atomic mass is 9.99. The number of benzene rings is 1. The lowest BCUT2D eigenvalue weighted by Crippen LogP contribution is -2.40. The number of halogens is 1. The summed E-state index contributed by atoms with van der Waals surface area (Å²) in [6.07, 6.45) is 1.99. The van der Waals surface area contributed by atoms with Crippen LogP contribution in [0, 0.1) is 12.8 Å². The Morgan fingerprint density at radius 1 is 1.28 bits per heavy atom. The number of piperidine rings is 1. The Bertz CT molecular complexity index is 1070. The molecule has 1 aliphatic heterocycles. The van der Waals surface area contributed by atoms with Gasteiger partial charge in [0.2, 0.25) is 0 Å². The first kappa shape index (κ1) is 19.9. The lowest BCUT2D eigenvalue weighted by molar-refractivity contribution is -0.135. The van der Waals surface area contributed by atoms with Crippen LogP contribution >= 0.6 is 22.9 Å². The average molecular weight is 432 g/mol. The second-order valence-corrected chi connectivity index (χ2v) is 8.86. The summed E-state index contributed by atoms with van der Waals surface area (Å²) in [5.41, 5.74) is 1.55. The number of likely N-dealkylation sites (tertiary alicyclic amines) is 1. The van der Waals surface area contributed by atoms with Gasteiger partial charge in [0.1, 0.15) is 9.71 Å². The van der Waals surface area contributed by atoms with Crippen LogP contribution in [0.2, 0.25) is 5.02 Å². The fourth-order valence-corrected chi connectivity index (χ4v) is 4.77. The molecule has 3 aromatic rings. The van der Waals surface area contributed by atoms with E-state index in [1.54, 1.807) is 21.7 Å². The van der Waals surface area contributed by atoms with Gasteiger partial charge in [0, 0.05) is 18.5 Å². The van der Waals surface area contributed by atoms with Gasteiger partial charge < -0.3 is 9.64 Å². The number of carbonyl (C=O) groups excluding carboxylic acids is 2. The Morgan fingerprint density at radius 3 is 2.72 bits per heavy atom. The molecule has 1 aliphatic rings.